The summed E-state index contributed by atoms with van der Waals surface area (Å²) in [5, 5.41) is 0. The molecule has 1 nitrogen and oxygen atoms in total. The molecule has 0 bridgehead atoms. The average molecular weight is 202 g/mol. The number of hydrogen-bond acceptors (Lipinski definition) is 1. The summed E-state index contributed by atoms with van der Waals surface area (Å²) in [5.41, 5.74) is 2.99. The van der Waals surface area contributed by atoms with Crippen molar-refractivity contribution in [1.82, 2.24) is 0 Å². The third-order valence-corrected chi connectivity index (χ3v) is 3.63. The summed E-state index contributed by atoms with van der Waals surface area (Å²) in [5.74, 6) is 1.37. The van der Waals surface area contributed by atoms with Gasteiger partial charge in [0.2, 0.25) is 0 Å². The first-order valence-corrected chi connectivity index (χ1v) is 5.88. The van der Waals surface area contributed by atoms with Gasteiger partial charge in [-0.15, -0.1) is 0 Å². The van der Waals surface area contributed by atoms with Gasteiger partial charge in [-0.3, -0.25) is 0 Å². The van der Waals surface area contributed by atoms with E-state index in [0.717, 1.165) is 18.6 Å². The van der Waals surface area contributed by atoms with Crippen LogP contribution in [0.15, 0.2) is 24.3 Å². The molecule has 15 heavy (non-hydrogen) atoms. The Balaban J connectivity index is 2.21. The number of aldehydes is 1. The molecule has 1 aliphatic carbocycles. The van der Waals surface area contributed by atoms with Crippen molar-refractivity contribution in [3.05, 3.63) is 35.4 Å². The van der Waals surface area contributed by atoms with Crippen molar-refractivity contribution in [3.8, 4) is 0 Å². The molecule has 1 aromatic carbocycles. The summed E-state index contributed by atoms with van der Waals surface area (Å²) in [4.78, 5) is 10.5. The second kappa shape index (κ2) is 4.61. The van der Waals surface area contributed by atoms with Gasteiger partial charge in [-0.1, -0.05) is 37.6 Å². The molecule has 0 saturated carbocycles. The van der Waals surface area contributed by atoms with Crippen LogP contribution in [-0.2, 0) is 11.2 Å². The van der Waals surface area contributed by atoms with Crippen molar-refractivity contribution in [2.45, 2.75) is 38.5 Å². The van der Waals surface area contributed by atoms with Gasteiger partial charge in [0.15, 0.2) is 0 Å². The Kier molecular flexibility index (Phi) is 3.20. The van der Waals surface area contributed by atoms with E-state index in [9.17, 15) is 4.79 Å². The van der Waals surface area contributed by atoms with Crippen molar-refractivity contribution < 1.29 is 4.79 Å². The fourth-order valence-corrected chi connectivity index (χ4v) is 2.83. The van der Waals surface area contributed by atoms with Gasteiger partial charge in [0.1, 0.15) is 6.29 Å². The highest BCUT2D eigenvalue weighted by Gasteiger charge is 2.29. The zero-order valence-electron chi connectivity index (χ0n) is 9.28. The number of carbonyl (C=O) groups excluding carboxylic acids is 1. The zero-order valence-corrected chi connectivity index (χ0v) is 9.28. The number of hydrogen-bond donors (Lipinski definition) is 0. The maximum Gasteiger partial charge on any atom is 0.120 e. The first-order valence-electron chi connectivity index (χ1n) is 5.88. The first kappa shape index (κ1) is 10.4. The SMILES string of the molecule is CCC1Cc2ccccc2C1CCC=O. The van der Waals surface area contributed by atoms with Crippen LogP contribution < -0.4 is 0 Å². The van der Waals surface area contributed by atoms with Crippen LogP contribution in [0.1, 0.15) is 43.2 Å². The summed E-state index contributed by atoms with van der Waals surface area (Å²) in [7, 11) is 0. The molecule has 0 amide bonds. The molecule has 0 aliphatic heterocycles. The zero-order chi connectivity index (χ0) is 10.7. The van der Waals surface area contributed by atoms with Gasteiger partial charge in [-0.05, 0) is 35.8 Å². The van der Waals surface area contributed by atoms with Crippen LogP contribution in [-0.4, -0.2) is 6.29 Å². The lowest BCUT2D eigenvalue weighted by Gasteiger charge is -2.17. The van der Waals surface area contributed by atoms with Crippen LogP contribution >= 0.6 is 0 Å². The van der Waals surface area contributed by atoms with Gasteiger partial charge < -0.3 is 4.79 Å². The molecule has 0 radical (unpaired) electrons. The minimum atomic E-state index is 0.622. The number of benzene rings is 1. The smallest absolute Gasteiger partial charge is 0.120 e. The summed E-state index contributed by atoms with van der Waals surface area (Å²) < 4.78 is 0. The van der Waals surface area contributed by atoms with Crippen LogP contribution in [0.4, 0.5) is 0 Å². The van der Waals surface area contributed by atoms with Crippen molar-refractivity contribution in [1.29, 1.82) is 0 Å². The van der Waals surface area contributed by atoms with Crippen molar-refractivity contribution in [2.24, 2.45) is 5.92 Å². The molecule has 1 aliphatic rings. The third-order valence-electron chi connectivity index (χ3n) is 3.63. The molecule has 2 atom stereocenters. The van der Waals surface area contributed by atoms with Gasteiger partial charge in [0, 0.05) is 6.42 Å². The van der Waals surface area contributed by atoms with Crippen LogP contribution in [0.5, 0.6) is 0 Å². The number of fused-ring (bicyclic) bond motifs is 1. The van der Waals surface area contributed by atoms with Gasteiger partial charge >= 0.3 is 0 Å². The normalized spacial score (nSPS) is 23.8. The van der Waals surface area contributed by atoms with E-state index in [-0.39, 0.29) is 0 Å². The molecule has 1 heteroatoms. The molecular weight excluding hydrogens is 184 g/mol. The molecule has 2 unspecified atom stereocenters. The van der Waals surface area contributed by atoms with E-state index in [1.807, 2.05) is 0 Å². The van der Waals surface area contributed by atoms with E-state index in [2.05, 4.69) is 31.2 Å². The standard InChI is InChI=1S/C14H18O/c1-2-11-10-12-6-3-4-7-14(12)13(11)8-5-9-15/h3-4,6-7,9,11,13H,2,5,8,10H2,1H3. The summed E-state index contributed by atoms with van der Waals surface area (Å²) in [6.45, 7) is 2.25. The second-order valence-electron chi connectivity index (χ2n) is 4.42. The van der Waals surface area contributed by atoms with Crippen LogP contribution in [0, 0.1) is 5.92 Å². The second-order valence-corrected chi connectivity index (χ2v) is 4.42. The monoisotopic (exact) mass is 202 g/mol. The lowest BCUT2D eigenvalue weighted by Crippen LogP contribution is -2.06. The Morgan fingerprint density at radius 2 is 2.20 bits per heavy atom. The summed E-state index contributed by atoms with van der Waals surface area (Å²) in [6.07, 6.45) is 5.20. The summed E-state index contributed by atoms with van der Waals surface area (Å²) in [6, 6.07) is 8.71. The predicted molar refractivity (Wildman–Crippen MR) is 62.0 cm³/mol. The Hall–Kier alpha value is -1.11. The van der Waals surface area contributed by atoms with Crippen LogP contribution in [0.2, 0.25) is 0 Å². The van der Waals surface area contributed by atoms with Crippen molar-refractivity contribution in [3.63, 3.8) is 0 Å². The maximum atomic E-state index is 10.5. The number of carbonyl (C=O) groups is 1. The Bertz CT molecular complexity index is 343. The first-order chi connectivity index (χ1) is 7.36. The topological polar surface area (TPSA) is 17.1 Å². The van der Waals surface area contributed by atoms with Gasteiger partial charge in [-0.25, -0.2) is 0 Å². The van der Waals surface area contributed by atoms with Gasteiger partial charge in [-0.2, -0.15) is 0 Å². The minimum Gasteiger partial charge on any atom is -0.303 e. The Morgan fingerprint density at radius 1 is 1.40 bits per heavy atom. The molecule has 0 saturated heterocycles. The highest BCUT2D eigenvalue weighted by Crippen LogP contribution is 2.41. The van der Waals surface area contributed by atoms with Gasteiger partial charge in [0.05, 0.1) is 0 Å². The minimum absolute atomic E-state index is 0.622. The molecule has 80 valence electrons. The molecular formula is C14H18O. The summed E-state index contributed by atoms with van der Waals surface area (Å²) >= 11 is 0. The van der Waals surface area contributed by atoms with E-state index < -0.39 is 0 Å². The maximum absolute atomic E-state index is 10.5. The highest BCUT2D eigenvalue weighted by atomic mass is 16.1. The van der Waals surface area contributed by atoms with Crippen LogP contribution in [0.3, 0.4) is 0 Å². The van der Waals surface area contributed by atoms with E-state index in [1.165, 1.54) is 24.0 Å². The molecule has 0 heterocycles. The van der Waals surface area contributed by atoms with E-state index >= 15 is 0 Å². The van der Waals surface area contributed by atoms with E-state index in [0.29, 0.717) is 12.3 Å². The van der Waals surface area contributed by atoms with Crippen molar-refractivity contribution in [2.75, 3.05) is 0 Å². The van der Waals surface area contributed by atoms with Crippen LogP contribution in [0.25, 0.3) is 0 Å². The lowest BCUT2D eigenvalue weighted by molar-refractivity contribution is -0.108. The Morgan fingerprint density at radius 3 is 2.93 bits per heavy atom. The van der Waals surface area contributed by atoms with E-state index in [4.69, 9.17) is 0 Å². The molecule has 1 aromatic rings. The molecule has 0 fully saturated rings. The molecule has 0 aromatic heterocycles. The highest BCUT2D eigenvalue weighted by molar-refractivity contribution is 5.50. The predicted octanol–water partition coefficient (Wildman–Crippen LogP) is 3.33. The quantitative estimate of drug-likeness (QED) is 0.684. The fraction of sp³-hybridized carbons (Fsp3) is 0.500. The third kappa shape index (κ3) is 1.97. The molecule has 0 N–H and O–H groups in total. The lowest BCUT2D eigenvalue weighted by atomic mass is 9.87. The fourth-order valence-electron chi connectivity index (χ4n) is 2.83. The largest absolute Gasteiger partial charge is 0.303 e. The Labute approximate surface area is 91.5 Å². The van der Waals surface area contributed by atoms with E-state index in [1.54, 1.807) is 0 Å². The molecule has 0 spiro atoms. The van der Waals surface area contributed by atoms with Crippen molar-refractivity contribution >= 4 is 6.29 Å². The van der Waals surface area contributed by atoms with Gasteiger partial charge in [0.25, 0.3) is 0 Å². The molecule has 2 rings (SSSR count). The average Bonchev–Trinajstić information content (AvgIpc) is 2.64. The number of rotatable bonds is 4.